The number of anilines is 1. The van der Waals surface area contributed by atoms with Crippen molar-refractivity contribution in [1.29, 1.82) is 0 Å². The molecule has 0 fully saturated rings. The maximum atomic E-state index is 12.4. The van der Waals surface area contributed by atoms with Gasteiger partial charge in [0.25, 0.3) is 11.8 Å². The molecule has 2 N–H and O–H groups in total. The normalized spacial score (nSPS) is 14.1. The molecule has 0 aromatic heterocycles. The molecule has 2 aromatic rings. The van der Waals surface area contributed by atoms with Crippen molar-refractivity contribution in [3.05, 3.63) is 58.7 Å². The second-order valence-corrected chi connectivity index (χ2v) is 9.24. The SMILES string of the molecule is Cc1cccc(OC(C)C(=O)NNC(=O)c2ccc3c(c2)CCN3S(C)(=O)=O)c1C. The highest BCUT2D eigenvalue weighted by Crippen LogP contribution is 2.30. The van der Waals surface area contributed by atoms with Gasteiger partial charge in [-0.2, -0.15) is 0 Å². The van der Waals surface area contributed by atoms with Crippen molar-refractivity contribution in [1.82, 2.24) is 10.9 Å². The fourth-order valence-corrected chi connectivity index (χ4v) is 4.20. The number of carbonyl (C=O) groups excluding carboxylic acids is 2. The van der Waals surface area contributed by atoms with Gasteiger partial charge in [0.2, 0.25) is 10.0 Å². The van der Waals surface area contributed by atoms with Crippen molar-refractivity contribution in [2.24, 2.45) is 0 Å². The van der Waals surface area contributed by atoms with Crippen molar-refractivity contribution >= 4 is 27.5 Å². The summed E-state index contributed by atoms with van der Waals surface area (Å²) in [5, 5.41) is 0. The number of aryl methyl sites for hydroxylation is 1. The smallest absolute Gasteiger partial charge is 0.279 e. The Morgan fingerprint density at radius 3 is 2.57 bits per heavy atom. The van der Waals surface area contributed by atoms with E-state index in [1.165, 1.54) is 10.4 Å². The zero-order valence-corrected chi connectivity index (χ0v) is 18.2. The van der Waals surface area contributed by atoms with Gasteiger partial charge in [-0.05, 0) is 68.1 Å². The molecule has 1 unspecified atom stereocenters. The van der Waals surface area contributed by atoms with E-state index >= 15 is 0 Å². The Morgan fingerprint density at radius 2 is 1.87 bits per heavy atom. The molecular formula is C21H25N3O5S. The van der Waals surface area contributed by atoms with Gasteiger partial charge in [0.05, 0.1) is 11.9 Å². The zero-order chi connectivity index (χ0) is 22.1. The van der Waals surface area contributed by atoms with Gasteiger partial charge in [-0.1, -0.05) is 12.1 Å². The van der Waals surface area contributed by atoms with Crippen LogP contribution in [0.2, 0.25) is 0 Å². The predicted octanol–water partition coefficient (Wildman–Crippen LogP) is 1.85. The summed E-state index contributed by atoms with van der Waals surface area (Å²) in [6.45, 7) is 5.82. The minimum atomic E-state index is -3.35. The molecule has 0 spiro atoms. The van der Waals surface area contributed by atoms with Gasteiger partial charge < -0.3 is 4.74 Å². The van der Waals surface area contributed by atoms with Crippen LogP contribution in [0.1, 0.15) is 34.0 Å². The largest absolute Gasteiger partial charge is 0.481 e. The van der Waals surface area contributed by atoms with Crippen molar-refractivity contribution in [2.75, 3.05) is 17.1 Å². The van der Waals surface area contributed by atoms with Gasteiger partial charge in [0.1, 0.15) is 5.75 Å². The maximum absolute atomic E-state index is 12.4. The molecule has 0 bridgehead atoms. The summed E-state index contributed by atoms with van der Waals surface area (Å²) in [5.74, 6) is -0.380. The van der Waals surface area contributed by atoms with Crippen molar-refractivity contribution < 1.29 is 22.7 Å². The number of nitrogens with zero attached hydrogens (tertiary/aromatic N) is 1. The van der Waals surface area contributed by atoms with Crippen molar-refractivity contribution in [3.63, 3.8) is 0 Å². The van der Waals surface area contributed by atoms with Crippen LogP contribution in [0.5, 0.6) is 5.75 Å². The molecule has 30 heavy (non-hydrogen) atoms. The van der Waals surface area contributed by atoms with E-state index in [9.17, 15) is 18.0 Å². The zero-order valence-electron chi connectivity index (χ0n) is 17.4. The van der Waals surface area contributed by atoms with E-state index in [1.807, 2.05) is 26.0 Å². The number of sulfonamides is 1. The summed E-state index contributed by atoms with van der Waals surface area (Å²) < 4.78 is 30.7. The third-order valence-electron chi connectivity index (χ3n) is 5.12. The van der Waals surface area contributed by atoms with Crippen LogP contribution in [0.15, 0.2) is 36.4 Å². The van der Waals surface area contributed by atoms with Crippen LogP contribution in [0.4, 0.5) is 5.69 Å². The molecule has 1 atom stereocenters. The first kappa shape index (κ1) is 21.6. The number of carbonyl (C=O) groups is 2. The van der Waals surface area contributed by atoms with Crippen molar-refractivity contribution in [2.45, 2.75) is 33.3 Å². The Kier molecular flexibility index (Phi) is 6.02. The second kappa shape index (κ2) is 8.35. The average molecular weight is 432 g/mol. The molecule has 1 aliphatic heterocycles. The topological polar surface area (TPSA) is 105 Å². The minimum absolute atomic E-state index is 0.326. The quantitative estimate of drug-likeness (QED) is 0.703. The second-order valence-electron chi connectivity index (χ2n) is 7.33. The Balaban J connectivity index is 1.60. The van der Waals surface area contributed by atoms with Gasteiger partial charge in [0, 0.05) is 12.1 Å². The summed E-state index contributed by atoms with van der Waals surface area (Å²) in [6.07, 6.45) is 0.866. The lowest BCUT2D eigenvalue weighted by Crippen LogP contribution is -2.47. The van der Waals surface area contributed by atoms with Gasteiger partial charge >= 0.3 is 0 Å². The first-order valence-corrected chi connectivity index (χ1v) is 11.4. The third kappa shape index (κ3) is 4.56. The Labute approximate surface area is 176 Å². The summed E-state index contributed by atoms with van der Waals surface area (Å²) in [6, 6.07) is 10.4. The van der Waals surface area contributed by atoms with Gasteiger partial charge in [-0.3, -0.25) is 24.7 Å². The molecule has 2 amide bonds. The van der Waals surface area contributed by atoms with E-state index in [1.54, 1.807) is 25.1 Å². The highest BCUT2D eigenvalue weighted by Gasteiger charge is 2.27. The number of amides is 2. The van der Waals surface area contributed by atoms with Gasteiger partial charge in [0.15, 0.2) is 6.10 Å². The Morgan fingerprint density at radius 1 is 1.13 bits per heavy atom. The first-order valence-electron chi connectivity index (χ1n) is 9.51. The number of hydrogen-bond donors (Lipinski definition) is 2. The summed E-state index contributed by atoms with van der Waals surface area (Å²) in [7, 11) is -3.35. The van der Waals surface area contributed by atoms with E-state index in [0.717, 1.165) is 22.9 Å². The fourth-order valence-electron chi connectivity index (χ4n) is 3.25. The van der Waals surface area contributed by atoms with Crippen LogP contribution in [-0.2, 0) is 21.2 Å². The van der Waals surface area contributed by atoms with Crippen LogP contribution in [-0.4, -0.2) is 39.1 Å². The molecule has 1 heterocycles. The van der Waals surface area contributed by atoms with Crippen LogP contribution < -0.4 is 19.9 Å². The molecule has 0 saturated heterocycles. The van der Waals surface area contributed by atoms with E-state index < -0.39 is 27.9 Å². The van der Waals surface area contributed by atoms with Crippen LogP contribution in [0.3, 0.4) is 0 Å². The van der Waals surface area contributed by atoms with Gasteiger partial charge in [-0.25, -0.2) is 8.42 Å². The molecule has 8 nitrogen and oxygen atoms in total. The van der Waals surface area contributed by atoms with E-state index in [4.69, 9.17) is 4.74 Å². The van der Waals surface area contributed by atoms with Crippen LogP contribution in [0.25, 0.3) is 0 Å². The molecular weight excluding hydrogens is 406 g/mol. The highest BCUT2D eigenvalue weighted by atomic mass is 32.2. The number of nitrogens with one attached hydrogen (secondary N) is 2. The number of rotatable bonds is 5. The molecule has 9 heteroatoms. The van der Waals surface area contributed by atoms with Gasteiger partial charge in [-0.15, -0.1) is 0 Å². The predicted molar refractivity (Wildman–Crippen MR) is 114 cm³/mol. The van der Waals surface area contributed by atoms with Crippen LogP contribution >= 0.6 is 0 Å². The van der Waals surface area contributed by atoms with Crippen LogP contribution in [0, 0.1) is 13.8 Å². The van der Waals surface area contributed by atoms with E-state index in [-0.39, 0.29) is 0 Å². The van der Waals surface area contributed by atoms with E-state index in [2.05, 4.69) is 10.9 Å². The average Bonchev–Trinajstić information content (AvgIpc) is 3.13. The summed E-state index contributed by atoms with van der Waals surface area (Å²) in [4.78, 5) is 24.7. The molecule has 3 rings (SSSR count). The Hall–Kier alpha value is -3.07. The molecule has 0 aliphatic carbocycles. The molecule has 160 valence electrons. The molecule has 0 saturated carbocycles. The van der Waals surface area contributed by atoms with Crippen molar-refractivity contribution in [3.8, 4) is 5.75 Å². The summed E-state index contributed by atoms with van der Waals surface area (Å²) >= 11 is 0. The lowest BCUT2D eigenvalue weighted by Gasteiger charge is -2.18. The number of hydrazine groups is 1. The summed E-state index contributed by atoms with van der Waals surface area (Å²) in [5.41, 5.74) is 8.41. The number of fused-ring (bicyclic) bond motifs is 1. The molecule has 1 aliphatic rings. The lowest BCUT2D eigenvalue weighted by molar-refractivity contribution is -0.128. The number of hydrogen-bond acceptors (Lipinski definition) is 5. The van der Waals surface area contributed by atoms with E-state index in [0.29, 0.717) is 30.0 Å². The fraction of sp³-hybridized carbons (Fsp3) is 0.333. The maximum Gasteiger partial charge on any atom is 0.279 e. The lowest BCUT2D eigenvalue weighted by atomic mass is 10.1. The molecule has 0 radical (unpaired) electrons. The standard InChI is InChI=1S/C21H25N3O5S/c1-13-6-5-7-19(14(13)2)29-15(3)20(25)22-23-21(26)17-8-9-18-16(12-17)10-11-24(18)30(4,27)28/h5-9,12,15H,10-11H2,1-4H3,(H,22,25)(H,23,26). The number of ether oxygens (including phenoxy) is 1. The minimum Gasteiger partial charge on any atom is -0.481 e. The highest BCUT2D eigenvalue weighted by molar-refractivity contribution is 7.92. The monoisotopic (exact) mass is 431 g/mol. The third-order valence-corrected chi connectivity index (χ3v) is 6.30. The number of benzene rings is 2. The molecule has 2 aromatic carbocycles. The Bertz CT molecular complexity index is 1100. The first-order chi connectivity index (χ1) is 14.1.